The first-order valence-electron chi connectivity index (χ1n) is 9.02. The molecule has 30 heavy (non-hydrogen) atoms. The van der Waals surface area contributed by atoms with Crippen LogP contribution >= 0.6 is 23.4 Å². The number of nitrogens with one attached hydrogen (secondary N) is 1. The Balaban J connectivity index is 1.64. The number of carbonyl (C=O) groups excluding carboxylic acids is 1. The first kappa shape index (κ1) is 22.3. The first-order valence-corrected chi connectivity index (χ1v) is 12.0. The van der Waals surface area contributed by atoms with Crippen LogP contribution in [0.15, 0.2) is 52.5 Å². The van der Waals surface area contributed by atoms with Crippen molar-refractivity contribution in [3.8, 4) is 0 Å². The fourth-order valence-corrected chi connectivity index (χ4v) is 4.85. The summed E-state index contributed by atoms with van der Waals surface area (Å²) in [6.45, 7) is 3.77. The van der Waals surface area contributed by atoms with Crippen LogP contribution in [0.5, 0.6) is 0 Å². The minimum Gasteiger partial charge on any atom is -0.325 e. The van der Waals surface area contributed by atoms with Gasteiger partial charge in [-0.15, -0.1) is 10.2 Å². The minimum absolute atomic E-state index is 0.0998. The number of anilines is 1. The highest BCUT2D eigenvalue weighted by Gasteiger charge is 2.20. The SMILES string of the molecule is Cc1ccc(S(=O)(=O)Cc2nnc(SCC(=O)Nc3cc(Cl)ccc3C)n2C)cc1. The zero-order valence-electron chi connectivity index (χ0n) is 16.7. The van der Waals surface area contributed by atoms with Gasteiger partial charge in [0.2, 0.25) is 5.91 Å². The number of nitrogens with zero attached hydrogens (tertiary/aromatic N) is 3. The molecule has 0 saturated carbocycles. The zero-order chi connectivity index (χ0) is 21.9. The Morgan fingerprint density at radius 3 is 2.53 bits per heavy atom. The maximum absolute atomic E-state index is 12.6. The number of thioether (sulfide) groups is 1. The van der Waals surface area contributed by atoms with Gasteiger partial charge >= 0.3 is 0 Å². The number of hydrogen-bond donors (Lipinski definition) is 1. The number of carbonyl (C=O) groups is 1. The normalized spacial score (nSPS) is 11.5. The third kappa shape index (κ3) is 5.41. The summed E-state index contributed by atoms with van der Waals surface area (Å²) in [6.07, 6.45) is 0. The van der Waals surface area contributed by atoms with Crippen molar-refractivity contribution in [3.63, 3.8) is 0 Å². The Kier molecular flexibility index (Phi) is 6.84. The molecule has 0 spiro atoms. The van der Waals surface area contributed by atoms with Crippen LogP contribution in [-0.2, 0) is 27.4 Å². The second-order valence-corrected chi connectivity index (χ2v) is 10.2. The van der Waals surface area contributed by atoms with E-state index in [0.717, 1.165) is 11.1 Å². The molecule has 0 bridgehead atoms. The van der Waals surface area contributed by atoms with Crippen LogP contribution < -0.4 is 5.32 Å². The molecule has 0 unspecified atom stereocenters. The number of halogens is 1. The third-order valence-electron chi connectivity index (χ3n) is 4.43. The molecule has 1 N–H and O–H groups in total. The predicted octanol–water partition coefficient (Wildman–Crippen LogP) is 3.79. The van der Waals surface area contributed by atoms with E-state index in [1.54, 1.807) is 48.0 Å². The van der Waals surface area contributed by atoms with Gasteiger partial charge in [0.05, 0.1) is 10.6 Å². The van der Waals surface area contributed by atoms with E-state index in [1.807, 2.05) is 19.9 Å². The minimum atomic E-state index is -3.54. The molecule has 0 atom stereocenters. The second-order valence-electron chi connectivity index (χ2n) is 6.83. The lowest BCUT2D eigenvalue weighted by Gasteiger charge is -2.09. The number of aryl methyl sites for hydroxylation is 2. The molecule has 0 aliphatic rings. The molecule has 1 amide bonds. The highest BCUT2D eigenvalue weighted by Crippen LogP contribution is 2.22. The standard InChI is InChI=1S/C20H21ClN4O3S2/c1-13-4-8-16(9-5-13)30(27,28)12-18-23-24-20(25(18)3)29-11-19(26)22-17-10-15(21)7-6-14(17)2/h4-10H,11-12H2,1-3H3,(H,22,26). The van der Waals surface area contributed by atoms with Crippen LogP contribution in [0.3, 0.4) is 0 Å². The molecule has 0 saturated heterocycles. The van der Waals surface area contributed by atoms with Crippen LogP contribution in [0.2, 0.25) is 5.02 Å². The summed E-state index contributed by atoms with van der Waals surface area (Å²) in [5, 5.41) is 11.8. The summed E-state index contributed by atoms with van der Waals surface area (Å²) in [7, 11) is -1.86. The topological polar surface area (TPSA) is 94.0 Å². The number of sulfone groups is 1. The molecule has 158 valence electrons. The lowest BCUT2D eigenvalue weighted by molar-refractivity contribution is -0.113. The largest absolute Gasteiger partial charge is 0.325 e. The quantitative estimate of drug-likeness (QED) is 0.534. The van der Waals surface area contributed by atoms with E-state index in [0.29, 0.717) is 21.7 Å². The Morgan fingerprint density at radius 1 is 1.13 bits per heavy atom. The lowest BCUT2D eigenvalue weighted by Crippen LogP contribution is -2.15. The maximum Gasteiger partial charge on any atom is 0.234 e. The molecule has 2 aromatic carbocycles. The number of aromatic nitrogens is 3. The van der Waals surface area contributed by atoms with Gasteiger partial charge in [0, 0.05) is 17.8 Å². The molecule has 0 aliphatic heterocycles. The summed E-state index contributed by atoms with van der Waals surface area (Å²) in [4.78, 5) is 12.5. The van der Waals surface area contributed by atoms with E-state index >= 15 is 0 Å². The number of amides is 1. The van der Waals surface area contributed by atoms with Crippen molar-refractivity contribution in [2.24, 2.45) is 7.05 Å². The van der Waals surface area contributed by atoms with Gasteiger partial charge in [-0.05, 0) is 43.7 Å². The molecule has 3 aromatic rings. The molecule has 1 heterocycles. The Labute approximate surface area is 184 Å². The molecular formula is C20H21ClN4O3S2. The van der Waals surface area contributed by atoms with Gasteiger partial charge < -0.3 is 9.88 Å². The lowest BCUT2D eigenvalue weighted by atomic mass is 10.2. The summed E-state index contributed by atoms with van der Waals surface area (Å²) in [5.74, 6) is -0.0808. The van der Waals surface area contributed by atoms with Crippen molar-refractivity contribution in [2.75, 3.05) is 11.1 Å². The zero-order valence-corrected chi connectivity index (χ0v) is 19.1. The molecule has 3 rings (SSSR count). The second kappa shape index (κ2) is 9.20. The molecule has 1 aromatic heterocycles. The van der Waals surface area contributed by atoms with E-state index in [1.165, 1.54) is 11.8 Å². The monoisotopic (exact) mass is 464 g/mol. The van der Waals surface area contributed by atoms with E-state index in [9.17, 15) is 13.2 Å². The van der Waals surface area contributed by atoms with Crippen molar-refractivity contribution in [3.05, 3.63) is 64.4 Å². The van der Waals surface area contributed by atoms with Crippen LogP contribution in [0, 0.1) is 13.8 Å². The van der Waals surface area contributed by atoms with Gasteiger partial charge in [-0.25, -0.2) is 8.42 Å². The highest BCUT2D eigenvalue weighted by molar-refractivity contribution is 7.99. The van der Waals surface area contributed by atoms with Crippen molar-refractivity contribution < 1.29 is 13.2 Å². The van der Waals surface area contributed by atoms with Gasteiger partial charge in [-0.2, -0.15) is 0 Å². The fraction of sp³-hybridized carbons (Fsp3) is 0.250. The van der Waals surface area contributed by atoms with E-state index < -0.39 is 9.84 Å². The number of hydrogen-bond acceptors (Lipinski definition) is 6. The number of benzene rings is 2. The number of rotatable bonds is 7. The Bertz CT molecular complexity index is 1180. The molecule has 7 nitrogen and oxygen atoms in total. The van der Waals surface area contributed by atoms with Gasteiger partial charge in [0.1, 0.15) is 11.6 Å². The van der Waals surface area contributed by atoms with Crippen molar-refractivity contribution in [2.45, 2.75) is 29.7 Å². The highest BCUT2D eigenvalue weighted by atomic mass is 35.5. The molecule has 0 aliphatic carbocycles. The summed E-state index contributed by atoms with van der Waals surface area (Å²) in [5.41, 5.74) is 2.54. The third-order valence-corrected chi connectivity index (χ3v) is 7.31. The van der Waals surface area contributed by atoms with Crippen LogP contribution in [0.25, 0.3) is 0 Å². The average molecular weight is 465 g/mol. The molecule has 0 radical (unpaired) electrons. The summed E-state index contributed by atoms with van der Waals surface area (Å²) in [6, 6.07) is 11.9. The molecule has 0 fully saturated rings. The Morgan fingerprint density at radius 2 is 1.83 bits per heavy atom. The first-order chi connectivity index (χ1) is 14.2. The van der Waals surface area contributed by atoms with E-state index in [-0.39, 0.29) is 22.3 Å². The predicted molar refractivity (Wildman–Crippen MR) is 119 cm³/mol. The van der Waals surface area contributed by atoms with Crippen molar-refractivity contribution >= 4 is 44.8 Å². The smallest absolute Gasteiger partial charge is 0.234 e. The summed E-state index contributed by atoms with van der Waals surface area (Å²) >= 11 is 7.15. The van der Waals surface area contributed by atoms with Crippen molar-refractivity contribution in [1.82, 2.24) is 14.8 Å². The van der Waals surface area contributed by atoms with Crippen molar-refractivity contribution in [1.29, 1.82) is 0 Å². The Hall–Kier alpha value is -2.36. The fourth-order valence-electron chi connectivity index (χ4n) is 2.64. The van der Waals surface area contributed by atoms with Gasteiger partial charge in [0.25, 0.3) is 0 Å². The van der Waals surface area contributed by atoms with Gasteiger partial charge in [-0.1, -0.05) is 47.1 Å². The summed E-state index contributed by atoms with van der Waals surface area (Å²) < 4.78 is 26.9. The van der Waals surface area contributed by atoms with Crippen LogP contribution in [0.1, 0.15) is 17.0 Å². The van der Waals surface area contributed by atoms with Crippen LogP contribution in [-0.4, -0.2) is 34.8 Å². The van der Waals surface area contributed by atoms with Crippen LogP contribution in [0.4, 0.5) is 5.69 Å². The van der Waals surface area contributed by atoms with Gasteiger partial charge in [0.15, 0.2) is 15.0 Å². The molecular weight excluding hydrogens is 444 g/mol. The van der Waals surface area contributed by atoms with E-state index in [4.69, 9.17) is 11.6 Å². The maximum atomic E-state index is 12.6. The van der Waals surface area contributed by atoms with Gasteiger partial charge in [-0.3, -0.25) is 4.79 Å². The van der Waals surface area contributed by atoms with E-state index in [2.05, 4.69) is 15.5 Å². The average Bonchev–Trinajstić information content (AvgIpc) is 3.02. The molecule has 10 heteroatoms.